The third-order valence-electron chi connectivity index (χ3n) is 2.95. The molecule has 2 rings (SSSR count). The molecule has 0 amide bonds. The second kappa shape index (κ2) is 5.23. The van der Waals surface area contributed by atoms with E-state index in [-0.39, 0.29) is 5.92 Å². The van der Waals surface area contributed by atoms with Crippen LogP contribution in [0.25, 0.3) is 0 Å². The van der Waals surface area contributed by atoms with Crippen LogP contribution in [0, 0.1) is 5.92 Å². The van der Waals surface area contributed by atoms with Gasteiger partial charge in [0.05, 0.1) is 7.11 Å². The summed E-state index contributed by atoms with van der Waals surface area (Å²) in [5, 5.41) is 13.5. The number of aliphatic hydroxyl groups is 1. The van der Waals surface area contributed by atoms with Crippen molar-refractivity contribution in [2.24, 2.45) is 5.92 Å². The molecular formula is C11H17N3O2. The molecule has 2 heterocycles. The Kier molecular flexibility index (Phi) is 3.69. The van der Waals surface area contributed by atoms with Gasteiger partial charge in [0.15, 0.2) is 0 Å². The topological polar surface area (TPSA) is 67.3 Å². The van der Waals surface area contributed by atoms with E-state index in [9.17, 15) is 5.11 Å². The van der Waals surface area contributed by atoms with Crippen LogP contribution in [-0.4, -0.2) is 35.3 Å². The number of ether oxygens (including phenoxy) is 1. The van der Waals surface area contributed by atoms with Gasteiger partial charge in [-0.3, -0.25) is 4.98 Å². The third-order valence-corrected chi connectivity index (χ3v) is 2.95. The highest BCUT2D eigenvalue weighted by Gasteiger charge is 2.26. The monoisotopic (exact) mass is 223 g/mol. The molecule has 0 radical (unpaired) electrons. The summed E-state index contributed by atoms with van der Waals surface area (Å²) >= 11 is 0. The summed E-state index contributed by atoms with van der Waals surface area (Å²) in [7, 11) is 1.54. The van der Waals surface area contributed by atoms with Gasteiger partial charge < -0.3 is 15.2 Å². The second-order valence-electron chi connectivity index (χ2n) is 4.00. The van der Waals surface area contributed by atoms with Crippen LogP contribution in [0.3, 0.4) is 0 Å². The van der Waals surface area contributed by atoms with Crippen molar-refractivity contribution in [2.75, 3.05) is 20.2 Å². The SMILES string of the molecule is COc1nccnc1C(O)C1CCCNC1. The molecule has 2 N–H and O–H groups in total. The molecule has 1 aromatic heterocycles. The Morgan fingerprint density at radius 3 is 3.00 bits per heavy atom. The summed E-state index contributed by atoms with van der Waals surface area (Å²) in [6.45, 7) is 1.85. The summed E-state index contributed by atoms with van der Waals surface area (Å²) < 4.78 is 5.10. The lowest BCUT2D eigenvalue weighted by atomic mass is 9.92. The van der Waals surface area contributed by atoms with Gasteiger partial charge >= 0.3 is 0 Å². The number of aromatic nitrogens is 2. The fourth-order valence-electron chi connectivity index (χ4n) is 2.07. The van der Waals surface area contributed by atoms with Crippen LogP contribution >= 0.6 is 0 Å². The van der Waals surface area contributed by atoms with Gasteiger partial charge in [-0.15, -0.1) is 0 Å². The smallest absolute Gasteiger partial charge is 0.238 e. The van der Waals surface area contributed by atoms with E-state index < -0.39 is 6.10 Å². The van der Waals surface area contributed by atoms with E-state index >= 15 is 0 Å². The van der Waals surface area contributed by atoms with E-state index in [1.807, 2.05) is 0 Å². The van der Waals surface area contributed by atoms with E-state index in [1.54, 1.807) is 19.5 Å². The lowest BCUT2D eigenvalue weighted by Gasteiger charge is -2.27. The predicted molar refractivity (Wildman–Crippen MR) is 59.1 cm³/mol. The van der Waals surface area contributed by atoms with E-state index in [4.69, 9.17) is 4.74 Å². The molecule has 1 aromatic rings. The molecule has 0 bridgehead atoms. The maximum atomic E-state index is 10.2. The summed E-state index contributed by atoms with van der Waals surface area (Å²) in [6, 6.07) is 0. The molecule has 16 heavy (non-hydrogen) atoms. The molecule has 5 nitrogen and oxygen atoms in total. The molecular weight excluding hydrogens is 206 g/mol. The molecule has 88 valence electrons. The minimum Gasteiger partial charge on any atom is -0.480 e. The third kappa shape index (κ3) is 2.31. The van der Waals surface area contributed by atoms with Gasteiger partial charge in [0.2, 0.25) is 5.88 Å². The standard InChI is InChI=1S/C11H17N3O2/c1-16-11-9(13-5-6-14-11)10(15)8-3-2-4-12-7-8/h5-6,8,10,12,15H,2-4,7H2,1H3. The Labute approximate surface area is 94.9 Å². The molecule has 1 aliphatic rings. The first-order chi connectivity index (χ1) is 7.83. The van der Waals surface area contributed by atoms with Crippen molar-refractivity contribution in [1.29, 1.82) is 0 Å². The van der Waals surface area contributed by atoms with Crippen LogP contribution in [-0.2, 0) is 0 Å². The van der Waals surface area contributed by atoms with E-state index in [0.717, 1.165) is 25.9 Å². The number of hydrogen-bond donors (Lipinski definition) is 2. The maximum absolute atomic E-state index is 10.2. The number of nitrogens with one attached hydrogen (secondary N) is 1. The molecule has 0 spiro atoms. The molecule has 2 atom stereocenters. The molecule has 2 unspecified atom stereocenters. The van der Waals surface area contributed by atoms with Gasteiger partial charge in [0.25, 0.3) is 0 Å². The first kappa shape index (κ1) is 11.3. The van der Waals surface area contributed by atoms with E-state index in [2.05, 4.69) is 15.3 Å². The minimum atomic E-state index is -0.601. The normalized spacial score (nSPS) is 22.8. The first-order valence-corrected chi connectivity index (χ1v) is 5.56. The van der Waals surface area contributed by atoms with Gasteiger partial charge in [-0.05, 0) is 19.4 Å². The molecule has 1 saturated heterocycles. The Balaban J connectivity index is 2.15. The molecule has 1 aliphatic heterocycles. The van der Waals surface area contributed by atoms with Crippen LogP contribution in [0.1, 0.15) is 24.6 Å². The lowest BCUT2D eigenvalue weighted by Crippen LogP contribution is -2.33. The van der Waals surface area contributed by atoms with Gasteiger partial charge in [-0.25, -0.2) is 4.98 Å². The Morgan fingerprint density at radius 1 is 1.50 bits per heavy atom. The Hall–Kier alpha value is -1.20. The summed E-state index contributed by atoms with van der Waals surface area (Å²) in [6.07, 6.45) is 4.64. The van der Waals surface area contributed by atoms with Crippen molar-refractivity contribution in [3.05, 3.63) is 18.1 Å². The van der Waals surface area contributed by atoms with Crippen LogP contribution in [0.2, 0.25) is 0 Å². The number of methoxy groups -OCH3 is 1. The molecule has 0 saturated carbocycles. The minimum absolute atomic E-state index is 0.194. The number of rotatable bonds is 3. The number of nitrogens with zero attached hydrogens (tertiary/aromatic N) is 2. The highest BCUT2D eigenvalue weighted by molar-refractivity contribution is 5.20. The zero-order valence-corrected chi connectivity index (χ0v) is 9.39. The molecule has 1 fully saturated rings. The maximum Gasteiger partial charge on any atom is 0.238 e. The van der Waals surface area contributed by atoms with Crippen molar-refractivity contribution in [1.82, 2.24) is 15.3 Å². The fourth-order valence-corrected chi connectivity index (χ4v) is 2.07. The Bertz CT molecular complexity index is 340. The Morgan fingerprint density at radius 2 is 2.31 bits per heavy atom. The van der Waals surface area contributed by atoms with Gasteiger partial charge in [0.1, 0.15) is 11.8 Å². The van der Waals surface area contributed by atoms with Crippen molar-refractivity contribution in [3.63, 3.8) is 0 Å². The average Bonchev–Trinajstić information content (AvgIpc) is 2.39. The molecule has 0 aliphatic carbocycles. The van der Waals surface area contributed by atoms with Gasteiger partial charge in [-0.2, -0.15) is 0 Å². The van der Waals surface area contributed by atoms with Crippen LogP contribution in [0.15, 0.2) is 12.4 Å². The zero-order valence-electron chi connectivity index (χ0n) is 9.39. The highest BCUT2D eigenvalue weighted by Crippen LogP contribution is 2.29. The quantitative estimate of drug-likeness (QED) is 0.782. The number of piperidine rings is 1. The second-order valence-corrected chi connectivity index (χ2v) is 4.00. The predicted octanol–water partition coefficient (Wildman–Crippen LogP) is 0.518. The lowest BCUT2D eigenvalue weighted by molar-refractivity contribution is 0.0849. The number of hydrogen-bond acceptors (Lipinski definition) is 5. The van der Waals surface area contributed by atoms with E-state index in [0.29, 0.717) is 11.6 Å². The fraction of sp³-hybridized carbons (Fsp3) is 0.636. The van der Waals surface area contributed by atoms with Crippen molar-refractivity contribution < 1.29 is 9.84 Å². The van der Waals surface area contributed by atoms with Crippen LogP contribution in [0.4, 0.5) is 0 Å². The van der Waals surface area contributed by atoms with Crippen molar-refractivity contribution in [2.45, 2.75) is 18.9 Å². The first-order valence-electron chi connectivity index (χ1n) is 5.56. The van der Waals surface area contributed by atoms with E-state index in [1.165, 1.54) is 0 Å². The largest absolute Gasteiger partial charge is 0.480 e. The number of aliphatic hydroxyl groups excluding tert-OH is 1. The van der Waals surface area contributed by atoms with Gasteiger partial charge in [-0.1, -0.05) is 0 Å². The summed E-state index contributed by atoms with van der Waals surface area (Å²) in [5.41, 5.74) is 0.540. The van der Waals surface area contributed by atoms with Gasteiger partial charge in [0, 0.05) is 24.9 Å². The highest BCUT2D eigenvalue weighted by atomic mass is 16.5. The van der Waals surface area contributed by atoms with Crippen molar-refractivity contribution in [3.8, 4) is 5.88 Å². The van der Waals surface area contributed by atoms with Crippen LogP contribution in [0.5, 0.6) is 5.88 Å². The zero-order chi connectivity index (χ0) is 11.4. The van der Waals surface area contributed by atoms with Crippen LogP contribution < -0.4 is 10.1 Å². The molecule has 5 heteroatoms. The summed E-state index contributed by atoms with van der Waals surface area (Å²) in [5.74, 6) is 0.611. The van der Waals surface area contributed by atoms with Crippen molar-refractivity contribution >= 4 is 0 Å². The molecule has 0 aromatic carbocycles. The average molecular weight is 223 g/mol. The summed E-state index contributed by atoms with van der Waals surface area (Å²) in [4.78, 5) is 8.21.